The average molecular weight is 350 g/mol. The molecule has 1 heterocycles. The predicted octanol–water partition coefficient (Wildman–Crippen LogP) is 4.16. The van der Waals surface area contributed by atoms with E-state index in [-0.39, 0.29) is 5.82 Å². The number of aromatic nitrogens is 2. The third-order valence-corrected chi connectivity index (χ3v) is 3.51. The van der Waals surface area contributed by atoms with Gasteiger partial charge in [-0.1, -0.05) is 15.9 Å². The van der Waals surface area contributed by atoms with Gasteiger partial charge in [-0.25, -0.2) is 13.5 Å². The molecule has 0 saturated carbocycles. The van der Waals surface area contributed by atoms with Crippen LogP contribution in [0.2, 0.25) is 0 Å². The maximum atomic E-state index is 14.0. The monoisotopic (exact) mass is 349 g/mol. The summed E-state index contributed by atoms with van der Waals surface area (Å²) in [6.07, 6.45) is 1.57. The van der Waals surface area contributed by atoms with Crippen molar-refractivity contribution in [3.63, 3.8) is 0 Å². The summed E-state index contributed by atoms with van der Waals surface area (Å²) in [4.78, 5) is 0. The third kappa shape index (κ3) is 2.67. The molecule has 0 bridgehead atoms. The summed E-state index contributed by atoms with van der Waals surface area (Å²) in [6.45, 7) is 0. The van der Waals surface area contributed by atoms with Crippen LogP contribution < -0.4 is 5.73 Å². The van der Waals surface area contributed by atoms with Crippen molar-refractivity contribution in [1.29, 1.82) is 0 Å². The first-order chi connectivity index (χ1) is 10.0. The number of benzene rings is 2. The molecule has 0 aliphatic rings. The number of nitrogens with zero attached hydrogens (tertiary/aromatic N) is 2. The van der Waals surface area contributed by atoms with Crippen molar-refractivity contribution in [2.75, 3.05) is 5.73 Å². The lowest BCUT2D eigenvalue weighted by atomic mass is 10.1. The second-order valence-corrected chi connectivity index (χ2v) is 5.39. The van der Waals surface area contributed by atoms with Crippen LogP contribution in [-0.2, 0) is 0 Å². The summed E-state index contributed by atoms with van der Waals surface area (Å²) in [7, 11) is 0. The molecule has 106 valence electrons. The minimum Gasteiger partial charge on any atom is -0.396 e. The molecule has 3 rings (SSSR count). The number of hydrogen-bond donors (Lipinski definition) is 1. The van der Waals surface area contributed by atoms with Gasteiger partial charge >= 0.3 is 0 Å². The Balaban J connectivity index is 2.07. The Kier molecular flexibility index (Phi) is 3.47. The molecule has 0 radical (unpaired) electrons. The average Bonchev–Trinajstić information content (AvgIpc) is 2.81. The first-order valence-electron chi connectivity index (χ1n) is 6.11. The third-order valence-electron chi connectivity index (χ3n) is 3.02. The SMILES string of the molecule is Nc1cn(-c2ccc(F)cc2)nc1-c1ccc(Br)cc1F. The Morgan fingerprint density at radius 1 is 1.05 bits per heavy atom. The zero-order chi connectivity index (χ0) is 15.0. The Morgan fingerprint density at radius 2 is 1.76 bits per heavy atom. The summed E-state index contributed by atoms with van der Waals surface area (Å²) < 4.78 is 29.1. The van der Waals surface area contributed by atoms with Gasteiger partial charge in [-0.3, -0.25) is 0 Å². The highest BCUT2D eigenvalue weighted by Gasteiger charge is 2.14. The lowest BCUT2D eigenvalue weighted by Crippen LogP contribution is -1.95. The van der Waals surface area contributed by atoms with Gasteiger partial charge in [-0.15, -0.1) is 0 Å². The smallest absolute Gasteiger partial charge is 0.133 e. The van der Waals surface area contributed by atoms with Gasteiger partial charge in [-0.05, 0) is 42.5 Å². The number of rotatable bonds is 2. The summed E-state index contributed by atoms with van der Waals surface area (Å²) in [5, 5.41) is 4.28. The van der Waals surface area contributed by atoms with Crippen molar-refractivity contribution in [3.8, 4) is 16.9 Å². The van der Waals surface area contributed by atoms with Gasteiger partial charge in [0, 0.05) is 10.0 Å². The van der Waals surface area contributed by atoms with Crippen LogP contribution in [0.25, 0.3) is 16.9 Å². The van der Waals surface area contributed by atoms with E-state index < -0.39 is 5.82 Å². The van der Waals surface area contributed by atoms with E-state index in [2.05, 4.69) is 21.0 Å². The number of anilines is 1. The van der Waals surface area contributed by atoms with Crippen LogP contribution in [0.3, 0.4) is 0 Å². The molecule has 1 aromatic heterocycles. The topological polar surface area (TPSA) is 43.8 Å². The van der Waals surface area contributed by atoms with Gasteiger partial charge < -0.3 is 5.73 Å². The molecule has 0 atom stereocenters. The van der Waals surface area contributed by atoms with Crippen LogP contribution in [0, 0.1) is 11.6 Å². The molecule has 0 fully saturated rings. The van der Waals surface area contributed by atoms with Gasteiger partial charge in [0.25, 0.3) is 0 Å². The highest BCUT2D eigenvalue weighted by atomic mass is 79.9. The van der Waals surface area contributed by atoms with Gasteiger partial charge in [-0.2, -0.15) is 5.10 Å². The fraction of sp³-hybridized carbons (Fsp3) is 0. The standard InChI is InChI=1S/C15H10BrF2N3/c16-9-1-6-12(13(18)7-9)15-14(19)8-21(20-15)11-4-2-10(17)3-5-11/h1-8H,19H2. The van der Waals surface area contributed by atoms with Crippen LogP contribution in [0.15, 0.2) is 53.1 Å². The Bertz CT molecular complexity index is 797. The van der Waals surface area contributed by atoms with Crippen molar-refractivity contribution >= 4 is 21.6 Å². The Morgan fingerprint density at radius 3 is 2.43 bits per heavy atom. The minimum absolute atomic E-state index is 0.316. The van der Waals surface area contributed by atoms with Gasteiger partial charge in [0.2, 0.25) is 0 Å². The first-order valence-corrected chi connectivity index (χ1v) is 6.90. The summed E-state index contributed by atoms with van der Waals surface area (Å²) in [5.41, 5.74) is 7.57. The van der Waals surface area contributed by atoms with Crippen molar-refractivity contribution in [1.82, 2.24) is 9.78 Å². The van der Waals surface area contributed by atoms with Gasteiger partial charge in [0.15, 0.2) is 0 Å². The quantitative estimate of drug-likeness (QED) is 0.754. The molecule has 0 unspecified atom stereocenters. The Hall–Kier alpha value is -2.21. The van der Waals surface area contributed by atoms with Crippen LogP contribution in [0.1, 0.15) is 0 Å². The van der Waals surface area contributed by atoms with E-state index in [1.165, 1.54) is 22.9 Å². The number of halogens is 3. The maximum Gasteiger partial charge on any atom is 0.133 e. The predicted molar refractivity (Wildman–Crippen MR) is 81.0 cm³/mol. The van der Waals surface area contributed by atoms with E-state index in [0.29, 0.717) is 27.1 Å². The lowest BCUT2D eigenvalue weighted by molar-refractivity contribution is 0.627. The molecular weight excluding hydrogens is 340 g/mol. The van der Waals surface area contributed by atoms with Crippen molar-refractivity contribution in [3.05, 3.63) is 64.8 Å². The maximum absolute atomic E-state index is 14.0. The van der Waals surface area contributed by atoms with E-state index in [4.69, 9.17) is 5.73 Å². The molecule has 2 aromatic carbocycles. The summed E-state index contributed by atoms with van der Waals surface area (Å²) in [6, 6.07) is 10.5. The molecular formula is C15H10BrF2N3. The molecule has 3 aromatic rings. The van der Waals surface area contributed by atoms with E-state index in [0.717, 1.165) is 0 Å². The molecule has 0 saturated heterocycles. The fourth-order valence-corrected chi connectivity index (χ4v) is 2.34. The largest absolute Gasteiger partial charge is 0.396 e. The molecule has 6 heteroatoms. The normalized spacial score (nSPS) is 10.8. The van der Waals surface area contributed by atoms with Crippen LogP contribution in [0.4, 0.5) is 14.5 Å². The van der Waals surface area contributed by atoms with Crippen LogP contribution in [-0.4, -0.2) is 9.78 Å². The molecule has 3 nitrogen and oxygen atoms in total. The van der Waals surface area contributed by atoms with E-state index >= 15 is 0 Å². The van der Waals surface area contributed by atoms with Crippen LogP contribution in [0.5, 0.6) is 0 Å². The van der Waals surface area contributed by atoms with E-state index in [1.54, 1.807) is 30.5 Å². The van der Waals surface area contributed by atoms with E-state index in [9.17, 15) is 8.78 Å². The number of nitrogens with two attached hydrogens (primary N) is 1. The molecule has 0 amide bonds. The summed E-state index contributed by atoms with van der Waals surface area (Å²) in [5.74, 6) is -0.751. The highest BCUT2D eigenvalue weighted by molar-refractivity contribution is 9.10. The van der Waals surface area contributed by atoms with Gasteiger partial charge in [0.1, 0.15) is 17.3 Å². The zero-order valence-electron chi connectivity index (χ0n) is 10.7. The number of hydrogen-bond acceptors (Lipinski definition) is 2. The number of nitrogen functional groups attached to an aromatic ring is 1. The lowest BCUT2D eigenvalue weighted by Gasteiger charge is -2.02. The molecule has 0 aliphatic carbocycles. The second kappa shape index (κ2) is 5.29. The molecule has 0 aliphatic heterocycles. The van der Waals surface area contributed by atoms with Crippen molar-refractivity contribution < 1.29 is 8.78 Å². The summed E-state index contributed by atoms with van der Waals surface area (Å²) >= 11 is 3.20. The fourth-order valence-electron chi connectivity index (χ4n) is 2.00. The van der Waals surface area contributed by atoms with E-state index in [1.807, 2.05) is 0 Å². The highest BCUT2D eigenvalue weighted by Crippen LogP contribution is 2.29. The Labute approximate surface area is 128 Å². The zero-order valence-corrected chi connectivity index (χ0v) is 12.3. The second-order valence-electron chi connectivity index (χ2n) is 4.48. The molecule has 0 spiro atoms. The van der Waals surface area contributed by atoms with Gasteiger partial charge in [0.05, 0.1) is 17.6 Å². The van der Waals surface area contributed by atoms with Crippen molar-refractivity contribution in [2.24, 2.45) is 0 Å². The molecule has 2 N–H and O–H groups in total. The molecule has 21 heavy (non-hydrogen) atoms. The first kappa shape index (κ1) is 13.8. The van der Waals surface area contributed by atoms with Crippen LogP contribution >= 0.6 is 15.9 Å². The minimum atomic E-state index is -0.416. The van der Waals surface area contributed by atoms with Crippen molar-refractivity contribution in [2.45, 2.75) is 0 Å².